The minimum atomic E-state index is -0.875. The third kappa shape index (κ3) is 3.65. The third-order valence-corrected chi connectivity index (χ3v) is 5.89. The molecule has 0 N–H and O–H groups in total. The fourth-order valence-electron chi connectivity index (χ4n) is 0.124. The Hall–Kier alpha value is 1.09. The maximum absolute atomic E-state index is 5.46. The molecule has 0 bridgehead atoms. The third-order valence-electron chi connectivity index (χ3n) is 0.655. The van der Waals surface area contributed by atoms with Crippen molar-refractivity contribution in [2.45, 2.75) is 0 Å². The van der Waals surface area contributed by atoms with Crippen LogP contribution in [-0.2, 0) is 0 Å². The van der Waals surface area contributed by atoms with Crippen LogP contribution >= 0.6 is 34.8 Å². The van der Waals surface area contributed by atoms with Crippen LogP contribution in [0.1, 0.15) is 0 Å². The summed E-state index contributed by atoms with van der Waals surface area (Å²) < 4.78 is 0. The van der Waals surface area contributed by atoms with Crippen molar-refractivity contribution in [1.29, 1.82) is 0 Å². The zero-order valence-electron chi connectivity index (χ0n) is 3.83. The SMILES string of the molecule is ClC[SiH](CCl)CCl. The maximum atomic E-state index is 5.46. The number of hydrogen-bond acceptors (Lipinski definition) is 0. The van der Waals surface area contributed by atoms with Gasteiger partial charge < -0.3 is 0 Å². The standard InChI is InChI=1S/C3H7Cl3Si/c4-1-7(2-5)3-6/h7H,1-3H2. The van der Waals surface area contributed by atoms with Crippen molar-refractivity contribution in [3.8, 4) is 0 Å². The van der Waals surface area contributed by atoms with Gasteiger partial charge in [-0.15, -0.1) is 34.8 Å². The summed E-state index contributed by atoms with van der Waals surface area (Å²) in [6.45, 7) is 0. The fraction of sp³-hybridized carbons (Fsp3) is 1.00. The van der Waals surface area contributed by atoms with Crippen molar-refractivity contribution in [2.75, 3.05) is 16.5 Å². The Morgan fingerprint density at radius 2 is 1.14 bits per heavy atom. The highest BCUT2D eigenvalue weighted by Gasteiger charge is 2.03. The molecule has 0 aliphatic carbocycles. The summed E-state index contributed by atoms with van der Waals surface area (Å²) in [7, 11) is -0.875. The Morgan fingerprint density at radius 1 is 0.857 bits per heavy atom. The molecule has 44 valence electrons. The van der Waals surface area contributed by atoms with Crippen LogP contribution in [0.2, 0.25) is 0 Å². The van der Waals surface area contributed by atoms with E-state index in [2.05, 4.69) is 0 Å². The van der Waals surface area contributed by atoms with Crippen LogP contribution < -0.4 is 0 Å². The molecule has 0 saturated heterocycles. The molecule has 0 aliphatic rings. The molecule has 0 aliphatic heterocycles. The van der Waals surface area contributed by atoms with E-state index in [0.29, 0.717) is 16.5 Å². The largest absolute Gasteiger partial charge is 0.130 e. The van der Waals surface area contributed by atoms with E-state index in [1.165, 1.54) is 0 Å². The molecule has 0 unspecified atom stereocenters. The summed E-state index contributed by atoms with van der Waals surface area (Å²) in [5.41, 5.74) is 2.10. The van der Waals surface area contributed by atoms with Gasteiger partial charge in [0.15, 0.2) is 0 Å². The lowest BCUT2D eigenvalue weighted by molar-refractivity contribution is 1.76. The van der Waals surface area contributed by atoms with Gasteiger partial charge in [-0.25, -0.2) is 0 Å². The van der Waals surface area contributed by atoms with E-state index in [1.807, 2.05) is 0 Å². The lowest BCUT2D eigenvalue weighted by atomic mass is 11.8. The molecule has 0 aromatic rings. The van der Waals surface area contributed by atoms with Crippen molar-refractivity contribution in [2.24, 2.45) is 0 Å². The summed E-state index contributed by atoms with van der Waals surface area (Å²) in [6.07, 6.45) is 0. The molecule has 4 heteroatoms. The van der Waals surface area contributed by atoms with Gasteiger partial charge in [-0.2, -0.15) is 0 Å². The predicted octanol–water partition coefficient (Wildman–Crippen LogP) is 1.55. The first-order valence-electron chi connectivity index (χ1n) is 2.03. The van der Waals surface area contributed by atoms with Gasteiger partial charge in [0.25, 0.3) is 0 Å². The van der Waals surface area contributed by atoms with E-state index < -0.39 is 8.80 Å². The molecule has 0 aromatic carbocycles. The van der Waals surface area contributed by atoms with Crippen molar-refractivity contribution in [3.63, 3.8) is 0 Å². The number of halogens is 3. The minimum Gasteiger partial charge on any atom is -0.130 e. The van der Waals surface area contributed by atoms with Crippen molar-refractivity contribution in [1.82, 2.24) is 0 Å². The Kier molecular flexibility index (Phi) is 6.04. The first-order valence-corrected chi connectivity index (χ1v) is 6.08. The number of rotatable bonds is 3. The number of alkyl halides is 3. The topological polar surface area (TPSA) is 0 Å². The van der Waals surface area contributed by atoms with Gasteiger partial charge in [0.1, 0.15) is 0 Å². The van der Waals surface area contributed by atoms with Crippen molar-refractivity contribution >= 4 is 43.6 Å². The maximum Gasteiger partial charge on any atom is 0.0868 e. The quantitative estimate of drug-likeness (QED) is 0.453. The molecule has 0 rings (SSSR count). The smallest absolute Gasteiger partial charge is 0.0868 e. The molecule has 0 heterocycles. The zero-order chi connectivity index (χ0) is 5.70. The van der Waals surface area contributed by atoms with Gasteiger partial charge in [0.05, 0.1) is 8.80 Å². The highest BCUT2D eigenvalue weighted by Crippen LogP contribution is 1.92. The lowest BCUT2D eigenvalue weighted by Gasteiger charge is -1.98. The predicted molar refractivity (Wildman–Crippen MR) is 39.3 cm³/mol. The number of hydrogen-bond donors (Lipinski definition) is 0. The molecule has 0 amide bonds. The summed E-state index contributed by atoms with van der Waals surface area (Å²) >= 11 is 16.4. The molecule has 0 fully saturated rings. The molecule has 0 spiro atoms. The van der Waals surface area contributed by atoms with Crippen LogP contribution in [0.3, 0.4) is 0 Å². The van der Waals surface area contributed by atoms with Crippen LogP contribution in [0.15, 0.2) is 0 Å². The Labute approximate surface area is 60.4 Å². The van der Waals surface area contributed by atoms with Crippen LogP contribution in [-0.4, -0.2) is 25.3 Å². The molecular formula is C3H7Cl3Si. The lowest BCUT2D eigenvalue weighted by Crippen LogP contribution is -2.20. The highest BCUT2D eigenvalue weighted by atomic mass is 35.5. The van der Waals surface area contributed by atoms with E-state index in [9.17, 15) is 0 Å². The van der Waals surface area contributed by atoms with Crippen LogP contribution in [0, 0.1) is 0 Å². The average molecular weight is 178 g/mol. The second kappa shape index (κ2) is 5.23. The van der Waals surface area contributed by atoms with E-state index in [-0.39, 0.29) is 0 Å². The van der Waals surface area contributed by atoms with Crippen molar-refractivity contribution < 1.29 is 0 Å². The fourth-order valence-corrected chi connectivity index (χ4v) is 3.34. The molecular weight excluding hydrogens is 170 g/mol. The first-order chi connectivity index (χ1) is 3.35. The Balaban J connectivity index is 2.99. The molecule has 0 saturated carbocycles. The Morgan fingerprint density at radius 3 is 1.14 bits per heavy atom. The molecule has 0 atom stereocenters. The monoisotopic (exact) mass is 176 g/mol. The Bertz CT molecular complexity index is 31.7. The van der Waals surface area contributed by atoms with Gasteiger partial charge in [-0.05, 0) is 0 Å². The van der Waals surface area contributed by atoms with E-state index in [4.69, 9.17) is 34.8 Å². The molecule has 7 heavy (non-hydrogen) atoms. The summed E-state index contributed by atoms with van der Waals surface area (Å²) in [5, 5.41) is 0. The van der Waals surface area contributed by atoms with Crippen LogP contribution in [0.25, 0.3) is 0 Å². The average Bonchev–Trinajstić information content (AvgIpc) is 1.72. The van der Waals surface area contributed by atoms with Gasteiger partial charge in [0, 0.05) is 16.5 Å². The highest BCUT2D eigenvalue weighted by molar-refractivity contribution is 6.78. The van der Waals surface area contributed by atoms with Crippen molar-refractivity contribution in [3.05, 3.63) is 0 Å². The van der Waals surface area contributed by atoms with E-state index >= 15 is 0 Å². The van der Waals surface area contributed by atoms with Crippen LogP contribution in [0.5, 0.6) is 0 Å². The second-order valence-electron chi connectivity index (χ2n) is 1.33. The van der Waals surface area contributed by atoms with E-state index in [0.717, 1.165) is 0 Å². The second-order valence-corrected chi connectivity index (χ2v) is 6.76. The zero-order valence-corrected chi connectivity index (χ0v) is 7.26. The molecule has 0 radical (unpaired) electrons. The molecule has 0 nitrogen and oxygen atoms in total. The summed E-state index contributed by atoms with van der Waals surface area (Å²) in [6, 6.07) is 0. The van der Waals surface area contributed by atoms with Gasteiger partial charge in [0.2, 0.25) is 0 Å². The van der Waals surface area contributed by atoms with E-state index in [1.54, 1.807) is 0 Å². The van der Waals surface area contributed by atoms with Crippen LogP contribution in [0.4, 0.5) is 0 Å². The summed E-state index contributed by atoms with van der Waals surface area (Å²) in [4.78, 5) is 0. The summed E-state index contributed by atoms with van der Waals surface area (Å²) in [5.74, 6) is 0. The van der Waals surface area contributed by atoms with Gasteiger partial charge >= 0.3 is 0 Å². The first kappa shape index (κ1) is 8.09. The van der Waals surface area contributed by atoms with Gasteiger partial charge in [-0.1, -0.05) is 0 Å². The van der Waals surface area contributed by atoms with Gasteiger partial charge in [-0.3, -0.25) is 0 Å². The molecule has 0 aromatic heterocycles. The normalized spacial score (nSPS) is 10.3. The minimum absolute atomic E-state index is 0.701.